The molecule has 142 valence electrons. The first-order chi connectivity index (χ1) is 14.2. The van der Waals surface area contributed by atoms with Gasteiger partial charge in [0.15, 0.2) is 0 Å². The van der Waals surface area contributed by atoms with Gasteiger partial charge in [-0.15, -0.1) is 11.3 Å². The number of nitrogens with zero attached hydrogens (tertiary/aromatic N) is 1. The minimum absolute atomic E-state index is 0.180. The van der Waals surface area contributed by atoms with Crippen LogP contribution < -0.4 is 5.32 Å². The van der Waals surface area contributed by atoms with Gasteiger partial charge in [0.25, 0.3) is 5.91 Å². The molecule has 0 bridgehead atoms. The summed E-state index contributed by atoms with van der Waals surface area (Å²) in [6.45, 7) is 0.429. The summed E-state index contributed by atoms with van der Waals surface area (Å²) in [5.41, 5.74) is 3.09. The van der Waals surface area contributed by atoms with Gasteiger partial charge >= 0.3 is 0 Å². The fraction of sp³-hybridized carbons (Fsp3) is 0.0417. The summed E-state index contributed by atoms with van der Waals surface area (Å²) in [4.78, 5) is 13.1. The third-order valence-electron chi connectivity index (χ3n) is 4.99. The first kappa shape index (κ1) is 17.6. The summed E-state index contributed by atoms with van der Waals surface area (Å²) < 4.78 is 16.6. The van der Waals surface area contributed by atoms with E-state index in [1.54, 1.807) is 17.4 Å². The number of fused-ring (bicyclic) bond motifs is 2. The van der Waals surface area contributed by atoms with Crippen molar-refractivity contribution in [1.82, 2.24) is 4.57 Å². The van der Waals surface area contributed by atoms with E-state index in [4.69, 9.17) is 0 Å². The second-order valence-corrected chi connectivity index (χ2v) is 7.88. The summed E-state index contributed by atoms with van der Waals surface area (Å²) in [6.07, 6.45) is 0. The number of carbonyl (C=O) groups is 1. The molecule has 0 aliphatic rings. The maximum Gasteiger partial charge on any atom is 0.272 e. The highest BCUT2D eigenvalue weighted by molar-refractivity contribution is 7.17. The molecule has 2 aromatic heterocycles. The molecule has 3 nitrogen and oxygen atoms in total. The van der Waals surface area contributed by atoms with Gasteiger partial charge < -0.3 is 9.88 Å². The number of thiophene rings is 1. The highest BCUT2D eigenvalue weighted by Gasteiger charge is 2.17. The number of hydrogen-bond acceptors (Lipinski definition) is 2. The van der Waals surface area contributed by atoms with Gasteiger partial charge in [0.2, 0.25) is 0 Å². The Labute approximate surface area is 171 Å². The van der Waals surface area contributed by atoms with Crippen LogP contribution in [0.5, 0.6) is 0 Å². The Balaban J connectivity index is 1.50. The third kappa shape index (κ3) is 3.41. The Morgan fingerprint density at radius 2 is 1.79 bits per heavy atom. The molecule has 0 atom stereocenters. The number of nitrogens with one attached hydrogen (secondary N) is 1. The zero-order valence-electron chi connectivity index (χ0n) is 15.4. The molecular formula is C24H17FN2OS. The van der Waals surface area contributed by atoms with Crippen molar-refractivity contribution in [2.45, 2.75) is 6.54 Å². The van der Waals surface area contributed by atoms with Gasteiger partial charge in [0.05, 0.1) is 10.2 Å². The van der Waals surface area contributed by atoms with Gasteiger partial charge in [-0.1, -0.05) is 42.5 Å². The van der Waals surface area contributed by atoms with E-state index in [0.29, 0.717) is 12.2 Å². The van der Waals surface area contributed by atoms with E-state index in [9.17, 15) is 9.18 Å². The molecule has 0 saturated carbocycles. The molecule has 0 aliphatic carbocycles. The third-order valence-corrected chi connectivity index (χ3v) is 5.85. The van der Waals surface area contributed by atoms with Gasteiger partial charge in [-0.3, -0.25) is 4.79 Å². The van der Waals surface area contributed by atoms with Crippen LogP contribution in [0.1, 0.15) is 16.1 Å². The minimum Gasteiger partial charge on any atom is -0.331 e. The van der Waals surface area contributed by atoms with Crippen molar-refractivity contribution in [3.63, 3.8) is 0 Å². The fourth-order valence-electron chi connectivity index (χ4n) is 3.62. The zero-order chi connectivity index (χ0) is 19.8. The molecule has 5 heteroatoms. The summed E-state index contributed by atoms with van der Waals surface area (Å²) in [7, 11) is 0. The molecule has 5 aromatic rings. The zero-order valence-corrected chi connectivity index (χ0v) is 16.2. The number of carbonyl (C=O) groups excluding carboxylic acids is 1. The summed E-state index contributed by atoms with van der Waals surface area (Å²) >= 11 is 1.59. The maximum atomic E-state index is 13.6. The molecule has 29 heavy (non-hydrogen) atoms. The van der Waals surface area contributed by atoms with Crippen molar-refractivity contribution < 1.29 is 9.18 Å². The lowest BCUT2D eigenvalue weighted by atomic mass is 10.1. The number of aromatic nitrogens is 1. The lowest BCUT2D eigenvalue weighted by Gasteiger charge is -2.12. The van der Waals surface area contributed by atoms with Crippen LogP contribution >= 0.6 is 11.3 Å². The van der Waals surface area contributed by atoms with Crippen LogP contribution in [0.25, 0.3) is 21.0 Å². The molecule has 0 fully saturated rings. The van der Waals surface area contributed by atoms with Crippen LogP contribution in [-0.4, -0.2) is 10.5 Å². The molecule has 0 aliphatic heterocycles. The SMILES string of the molecule is O=C(Nc1ccc2ccccc2c1)c1cc2sccc2n1Cc1cccc(F)c1. The Morgan fingerprint density at radius 3 is 2.66 bits per heavy atom. The Morgan fingerprint density at radius 1 is 0.931 bits per heavy atom. The fourth-order valence-corrected chi connectivity index (χ4v) is 4.44. The van der Waals surface area contributed by atoms with Gasteiger partial charge in [-0.25, -0.2) is 4.39 Å². The van der Waals surface area contributed by atoms with Gasteiger partial charge in [0, 0.05) is 12.2 Å². The van der Waals surface area contributed by atoms with Gasteiger partial charge in [-0.2, -0.15) is 0 Å². The second kappa shape index (κ2) is 7.18. The molecule has 5 rings (SSSR count). The molecule has 0 radical (unpaired) electrons. The van der Waals surface area contributed by atoms with Crippen molar-refractivity contribution in [1.29, 1.82) is 0 Å². The van der Waals surface area contributed by atoms with Crippen LogP contribution in [0, 0.1) is 5.82 Å². The molecule has 1 N–H and O–H groups in total. The Kier molecular flexibility index (Phi) is 4.37. The van der Waals surface area contributed by atoms with E-state index < -0.39 is 0 Å². The first-order valence-electron chi connectivity index (χ1n) is 9.29. The number of rotatable bonds is 4. The molecule has 0 spiro atoms. The number of anilines is 1. The number of hydrogen-bond donors (Lipinski definition) is 1. The van der Waals surface area contributed by atoms with E-state index in [2.05, 4.69) is 5.32 Å². The highest BCUT2D eigenvalue weighted by atomic mass is 32.1. The summed E-state index contributed by atoms with van der Waals surface area (Å²) in [5.74, 6) is -0.460. The predicted octanol–water partition coefficient (Wildman–Crippen LogP) is 6.30. The van der Waals surface area contributed by atoms with Crippen molar-refractivity contribution >= 4 is 43.9 Å². The normalized spacial score (nSPS) is 11.2. The van der Waals surface area contributed by atoms with E-state index in [1.807, 2.05) is 70.6 Å². The number of halogens is 1. The van der Waals surface area contributed by atoms with Crippen molar-refractivity contribution in [2.75, 3.05) is 5.32 Å². The molecule has 1 amide bonds. The molecule has 0 unspecified atom stereocenters. The molecule has 2 heterocycles. The topological polar surface area (TPSA) is 34.0 Å². The number of benzene rings is 3. The van der Waals surface area contributed by atoms with Crippen LogP contribution in [0.2, 0.25) is 0 Å². The number of amides is 1. The predicted molar refractivity (Wildman–Crippen MR) is 117 cm³/mol. The smallest absolute Gasteiger partial charge is 0.272 e. The van der Waals surface area contributed by atoms with Crippen molar-refractivity contribution in [3.05, 3.63) is 101 Å². The van der Waals surface area contributed by atoms with Crippen molar-refractivity contribution in [3.8, 4) is 0 Å². The second-order valence-electron chi connectivity index (χ2n) is 6.93. The molecule has 3 aromatic carbocycles. The van der Waals surface area contributed by atoms with E-state index in [1.165, 1.54) is 12.1 Å². The lowest BCUT2D eigenvalue weighted by Crippen LogP contribution is -2.17. The van der Waals surface area contributed by atoms with Crippen molar-refractivity contribution in [2.24, 2.45) is 0 Å². The largest absolute Gasteiger partial charge is 0.331 e. The lowest BCUT2D eigenvalue weighted by molar-refractivity contribution is 0.101. The monoisotopic (exact) mass is 400 g/mol. The van der Waals surface area contributed by atoms with Crippen LogP contribution in [0.15, 0.2) is 84.2 Å². The van der Waals surface area contributed by atoms with E-state index in [-0.39, 0.29) is 11.7 Å². The minimum atomic E-state index is -0.279. The quantitative estimate of drug-likeness (QED) is 0.378. The Bertz CT molecular complexity index is 1350. The highest BCUT2D eigenvalue weighted by Crippen LogP contribution is 2.27. The Hall–Kier alpha value is -3.44. The van der Waals surface area contributed by atoms with Crippen LogP contribution in [0.3, 0.4) is 0 Å². The van der Waals surface area contributed by atoms with Gasteiger partial charge in [-0.05, 0) is 58.1 Å². The molecule has 0 saturated heterocycles. The van der Waals surface area contributed by atoms with Crippen LogP contribution in [0.4, 0.5) is 10.1 Å². The van der Waals surface area contributed by atoms with E-state index in [0.717, 1.165) is 32.2 Å². The average molecular weight is 400 g/mol. The first-order valence-corrected chi connectivity index (χ1v) is 10.2. The summed E-state index contributed by atoms with van der Waals surface area (Å²) in [5, 5.41) is 7.20. The molecular weight excluding hydrogens is 383 g/mol. The van der Waals surface area contributed by atoms with Gasteiger partial charge in [0.1, 0.15) is 11.5 Å². The average Bonchev–Trinajstić information content (AvgIpc) is 3.31. The summed E-state index contributed by atoms with van der Waals surface area (Å²) in [6, 6.07) is 24.3. The standard InChI is InChI=1S/C24H17FN2OS/c25-19-7-3-4-16(12-19)15-27-21-10-11-29-23(21)14-22(27)24(28)26-20-9-8-17-5-1-2-6-18(17)13-20/h1-14H,15H2,(H,26,28). The maximum absolute atomic E-state index is 13.6. The van der Waals surface area contributed by atoms with E-state index >= 15 is 0 Å². The van der Waals surface area contributed by atoms with Crippen LogP contribution in [-0.2, 0) is 6.54 Å².